The Morgan fingerprint density at radius 1 is 1.04 bits per heavy atom. The van der Waals surface area contributed by atoms with Crippen LogP contribution in [-0.2, 0) is 6.42 Å². The van der Waals surface area contributed by atoms with Gasteiger partial charge in [0.2, 0.25) is 0 Å². The number of rotatable bonds is 6. The minimum Gasteiger partial charge on any atom is -0.457 e. The van der Waals surface area contributed by atoms with Gasteiger partial charge in [0, 0.05) is 28.9 Å². The Morgan fingerprint density at radius 2 is 1.69 bits per heavy atom. The molecule has 0 unspecified atom stereocenters. The van der Waals surface area contributed by atoms with Crippen LogP contribution >= 0.6 is 0 Å². The minimum absolute atomic E-state index is 0.0457. The predicted molar refractivity (Wildman–Crippen MR) is 102 cm³/mol. The van der Waals surface area contributed by atoms with Crippen LogP contribution in [-0.4, -0.2) is 10.8 Å². The number of anilines is 1. The molecule has 0 amide bonds. The van der Waals surface area contributed by atoms with Crippen molar-refractivity contribution in [3.8, 4) is 11.5 Å². The molecule has 0 spiro atoms. The van der Waals surface area contributed by atoms with E-state index in [4.69, 9.17) is 10.5 Å². The number of benzene rings is 2. The van der Waals surface area contributed by atoms with Gasteiger partial charge in [-0.15, -0.1) is 0 Å². The maximum atomic E-state index is 12.4. The van der Waals surface area contributed by atoms with Gasteiger partial charge in [0.25, 0.3) is 5.56 Å². The van der Waals surface area contributed by atoms with E-state index in [9.17, 15) is 9.59 Å². The molecule has 3 rings (SSSR count). The third-order valence-electron chi connectivity index (χ3n) is 4.06. The maximum Gasteiger partial charge on any atom is 0.253 e. The lowest BCUT2D eigenvalue weighted by molar-refractivity contribution is 0.0983. The fraction of sp³-hybridized carbons (Fsp3) is 0.143. The summed E-state index contributed by atoms with van der Waals surface area (Å²) in [6, 6.07) is 18.1. The molecule has 1 aromatic heterocycles. The van der Waals surface area contributed by atoms with E-state index in [0.29, 0.717) is 34.7 Å². The first-order valence-electron chi connectivity index (χ1n) is 8.37. The normalized spacial score (nSPS) is 10.5. The molecule has 1 heterocycles. The molecule has 5 nitrogen and oxygen atoms in total. The summed E-state index contributed by atoms with van der Waals surface area (Å²) in [5, 5.41) is 0. The lowest BCUT2D eigenvalue weighted by Crippen LogP contribution is -2.17. The smallest absolute Gasteiger partial charge is 0.253 e. The average Bonchev–Trinajstić information content (AvgIpc) is 2.62. The number of Topliss-reactive ketones (excluding diaryl/α,β-unsaturated/α-hetero) is 1. The molecule has 0 saturated carbocycles. The van der Waals surface area contributed by atoms with Gasteiger partial charge >= 0.3 is 0 Å². The second-order valence-electron chi connectivity index (χ2n) is 6.08. The van der Waals surface area contributed by atoms with Crippen LogP contribution in [0.5, 0.6) is 11.5 Å². The van der Waals surface area contributed by atoms with Gasteiger partial charge < -0.3 is 15.5 Å². The molecular formula is C21H20N2O3. The van der Waals surface area contributed by atoms with Gasteiger partial charge in [0.1, 0.15) is 11.5 Å². The number of aromatic nitrogens is 1. The molecule has 2 aromatic carbocycles. The van der Waals surface area contributed by atoms with Gasteiger partial charge in [-0.3, -0.25) is 9.59 Å². The number of carbonyl (C=O) groups is 1. The number of para-hydroxylation sites is 1. The molecule has 3 aromatic rings. The topological polar surface area (TPSA) is 85.2 Å². The van der Waals surface area contributed by atoms with E-state index in [1.807, 2.05) is 30.3 Å². The Morgan fingerprint density at radius 3 is 2.35 bits per heavy atom. The number of hydrogen-bond acceptors (Lipinski definition) is 4. The van der Waals surface area contributed by atoms with Gasteiger partial charge in [0.05, 0.1) is 0 Å². The largest absolute Gasteiger partial charge is 0.457 e. The Balaban J connectivity index is 1.64. The number of nitrogens with two attached hydrogens (primary N) is 1. The minimum atomic E-state index is -0.234. The molecule has 0 bridgehead atoms. The van der Waals surface area contributed by atoms with Crippen molar-refractivity contribution in [2.24, 2.45) is 0 Å². The fourth-order valence-corrected chi connectivity index (χ4v) is 2.72. The van der Waals surface area contributed by atoms with Crippen LogP contribution in [0, 0.1) is 6.92 Å². The van der Waals surface area contributed by atoms with E-state index in [1.165, 1.54) is 0 Å². The van der Waals surface area contributed by atoms with Gasteiger partial charge in [0.15, 0.2) is 5.78 Å². The molecule has 0 aliphatic carbocycles. The molecule has 0 saturated heterocycles. The van der Waals surface area contributed by atoms with Crippen LogP contribution in [0.1, 0.15) is 28.0 Å². The number of ketones is 1. The molecule has 26 heavy (non-hydrogen) atoms. The number of nitrogen functional groups attached to an aromatic ring is 1. The number of hydrogen-bond donors (Lipinski definition) is 2. The van der Waals surface area contributed by atoms with Crippen LogP contribution in [0.25, 0.3) is 0 Å². The second kappa shape index (κ2) is 7.70. The highest BCUT2D eigenvalue weighted by molar-refractivity contribution is 5.96. The Hall–Kier alpha value is -3.34. The molecule has 132 valence electrons. The van der Waals surface area contributed by atoms with Gasteiger partial charge in [-0.25, -0.2) is 0 Å². The standard InChI is InChI=1S/C21H20N2O3/c1-14-13-19(22)18(21(25)23-14)11-12-20(24)15-7-9-17(10-8-15)26-16-5-3-2-4-6-16/h2-10,13H,11-12H2,1H3,(H3,22,23,25). The summed E-state index contributed by atoms with van der Waals surface area (Å²) in [4.78, 5) is 27.1. The third-order valence-corrected chi connectivity index (χ3v) is 4.06. The number of carbonyl (C=O) groups excluding carboxylic acids is 1. The zero-order valence-electron chi connectivity index (χ0n) is 14.5. The molecule has 0 aliphatic heterocycles. The Labute approximate surface area is 151 Å². The van der Waals surface area contributed by atoms with Crippen molar-refractivity contribution in [2.75, 3.05) is 5.73 Å². The van der Waals surface area contributed by atoms with E-state index in [-0.39, 0.29) is 17.8 Å². The van der Waals surface area contributed by atoms with Crippen molar-refractivity contribution in [3.63, 3.8) is 0 Å². The molecule has 0 atom stereocenters. The number of H-pyrrole nitrogens is 1. The van der Waals surface area contributed by atoms with Crippen molar-refractivity contribution in [1.29, 1.82) is 0 Å². The van der Waals surface area contributed by atoms with E-state index in [1.54, 1.807) is 37.3 Å². The first kappa shape index (κ1) is 17.5. The molecule has 0 aliphatic rings. The predicted octanol–water partition coefficient (Wildman–Crippen LogP) is 3.87. The van der Waals surface area contributed by atoms with Crippen LogP contribution in [0.2, 0.25) is 0 Å². The van der Waals surface area contributed by atoms with Crippen molar-refractivity contribution >= 4 is 11.5 Å². The number of ether oxygens (including phenoxy) is 1. The zero-order chi connectivity index (χ0) is 18.5. The van der Waals surface area contributed by atoms with Crippen LogP contribution in [0.3, 0.4) is 0 Å². The highest BCUT2D eigenvalue weighted by Crippen LogP contribution is 2.22. The Kier molecular flexibility index (Phi) is 5.17. The number of pyridine rings is 1. The summed E-state index contributed by atoms with van der Waals surface area (Å²) in [6.45, 7) is 1.77. The van der Waals surface area contributed by atoms with Crippen molar-refractivity contribution in [3.05, 3.63) is 87.8 Å². The maximum absolute atomic E-state index is 12.4. The molecule has 0 fully saturated rings. The second-order valence-corrected chi connectivity index (χ2v) is 6.08. The summed E-state index contributed by atoms with van der Waals surface area (Å²) in [5.41, 5.74) is 7.81. The quantitative estimate of drug-likeness (QED) is 0.662. The summed E-state index contributed by atoms with van der Waals surface area (Å²) in [6.07, 6.45) is 0.526. The summed E-state index contributed by atoms with van der Waals surface area (Å²) >= 11 is 0. The van der Waals surface area contributed by atoms with E-state index in [2.05, 4.69) is 4.98 Å². The summed E-state index contributed by atoms with van der Waals surface area (Å²) < 4.78 is 5.71. The molecule has 3 N–H and O–H groups in total. The fourth-order valence-electron chi connectivity index (χ4n) is 2.72. The first-order valence-corrected chi connectivity index (χ1v) is 8.37. The number of nitrogens with one attached hydrogen (secondary N) is 1. The zero-order valence-corrected chi connectivity index (χ0v) is 14.5. The van der Waals surface area contributed by atoms with E-state index in [0.717, 1.165) is 5.75 Å². The SMILES string of the molecule is Cc1cc(N)c(CCC(=O)c2ccc(Oc3ccccc3)cc2)c(=O)[nH]1. The van der Waals surface area contributed by atoms with Gasteiger partial charge in [-0.2, -0.15) is 0 Å². The molecule has 5 heteroatoms. The number of aromatic amines is 1. The molecular weight excluding hydrogens is 328 g/mol. The highest BCUT2D eigenvalue weighted by Gasteiger charge is 2.11. The average molecular weight is 348 g/mol. The van der Waals surface area contributed by atoms with Crippen molar-refractivity contribution in [2.45, 2.75) is 19.8 Å². The summed E-state index contributed by atoms with van der Waals surface area (Å²) in [5.74, 6) is 1.35. The summed E-state index contributed by atoms with van der Waals surface area (Å²) in [7, 11) is 0. The first-order chi connectivity index (χ1) is 12.5. The van der Waals surface area contributed by atoms with E-state index < -0.39 is 0 Å². The van der Waals surface area contributed by atoms with Crippen LogP contribution < -0.4 is 16.0 Å². The lowest BCUT2D eigenvalue weighted by atomic mass is 10.0. The highest BCUT2D eigenvalue weighted by atomic mass is 16.5. The molecule has 0 radical (unpaired) electrons. The van der Waals surface area contributed by atoms with Crippen LogP contribution in [0.4, 0.5) is 5.69 Å². The van der Waals surface area contributed by atoms with E-state index >= 15 is 0 Å². The van der Waals surface area contributed by atoms with Crippen molar-refractivity contribution in [1.82, 2.24) is 4.98 Å². The van der Waals surface area contributed by atoms with Gasteiger partial charge in [-0.1, -0.05) is 18.2 Å². The number of aryl methyl sites for hydroxylation is 1. The lowest BCUT2D eigenvalue weighted by Gasteiger charge is -2.07. The Bertz CT molecular complexity index is 961. The van der Waals surface area contributed by atoms with Gasteiger partial charge in [-0.05, 0) is 55.8 Å². The van der Waals surface area contributed by atoms with Crippen molar-refractivity contribution < 1.29 is 9.53 Å². The monoisotopic (exact) mass is 348 g/mol. The third kappa shape index (κ3) is 4.19. The van der Waals surface area contributed by atoms with Crippen LogP contribution in [0.15, 0.2) is 65.5 Å².